The van der Waals surface area contributed by atoms with Gasteiger partial charge in [-0.25, -0.2) is 9.67 Å². The molecular weight excluding hydrogens is 354 g/mol. The van der Waals surface area contributed by atoms with Crippen LogP contribution >= 0.6 is 0 Å². The van der Waals surface area contributed by atoms with Gasteiger partial charge in [0.2, 0.25) is 0 Å². The maximum absolute atomic E-state index is 8.99. The summed E-state index contributed by atoms with van der Waals surface area (Å²) in [7, 11) is 1.69. The molecule has 2 N–H and O–H groups in total. The number of aryl methyl sites for hydroxylation is 2. The van der Waals surface area contributed by atoms with Gasteiger partial charge in [0.05, 0.1) is 19.4 Å². The Morgan fingerprint density at radius 1 is 1.18 bits per heavy atom. The van der Waals surface area contributed by atoms with E-state index in [0.29, 0.717) is 6.54 Å². The van der Waals surface area contributed by atoms with Gasteiger partial charge >= 0.3 is 0 Å². The van der Waals surface area contributed by atoms with Crippen LogP contribution in [0.4, 0.5) is 17.3 Å². The Morgan fingerprint density at radius 3 is 2.79 bits per heavy atom. The van der Waals surface area contributed by atoms with Gasteiger partial charge < -0.3 is 20.1 Å². The first kappa shape index (κ1) is 18.3. The first-order chi connectivity index (χ1) is 13.6. The molecule has 0 bridgehead atoms. The molecule has 3 aromatic rings. The third kappa shape index (κ3) is 3.29. The zero-order valence-electron chi connectivity index (χ0n) is 16.4. The molecule has 0 fully saturated rings. The number of aromatic nitrogens is 3. The number of hydrogen-bond donors (Lipinski definition) is 2. The summed E-state index contributed by atoms with van der Waals surface area (Å²) in [4.78, 5) is 7.12. The van der Waals surface area contributed by atoms with Crippen molar-refractivity contribution in [2.75, 3.05) is 37.0 Å². The fourth-order valence-corrected chi connectivity index (χ4v) is 3.69. The van der Waals surface area contributed by atoms with E-state index in [1.54, 1.807) is 7.11 Å². The first-order valence-electron chi connectivity index (χ1n) is 9.44. The third-order valence-corrected chi connectivity index (χ3v) is 5.00. The van der Waals surface area contributed by atoms with E-state index in [0.717, 1.165) is 53.0 Å². The summed E-state index contributed by atoms with van der Waals surface area (Å²) in [6.45, 7) is 5.54. The van der Waals surface area contributed by atoms with Gasteiger partial charge in [0, 0.05) is 42.3 Å². The molecule has 0 saturated carbocycles. The van der Waals surface area contributed by atoms with E-state index in [9.17, 15) is 0 Å². The highest BCUT2D eigenvalue weighted by Crippen LogP contribution is 2.38. The summed E-state index contributed by atoms with van der Waals surface area (Å²) in [5.74, 6) is 2.60. The van der Waals surface area contributed by atoms with Crippen molar-refractivity contribution in [3.05, 3.63) is 53.3 Å². The molecule has 28 heavy (non-hydrogen) atoms. The zero-order valence-corrected chi connectivity index (χ0v) is 16.4. The zero-order chi connectivity index (χ0) is 19.7. The van der Waals surface area contributed by atoms with Crippen LogP contribution < -0.4 is 15.0 Å². The van der Waals surface area contributed by atoms with Crippen LogP contribution in [0.3, 0.4) is 0 Å². The quantitative estimate of drug-likeness (QED) is 0.686. The van der Waals surface area contributed by atoms with E-state index in [2.05, 4.69) is 40.4 Å². The Morgan fingerprint density at radius 2 is 2.04 bits per heavy atom. The van der Waals surface area contributed by atoms with E-state index in [1.165, 1.54) is 5.56 Å². The number of anilines is 3. The van der Waals surface area contributed by atoms with Crippen molar-refractivity contribution in [1.82, 2.24) is 14.8 Å². The molecule has 3 heterocycles. The Balaban J connectivity index is 1.72. The van der Waals surface area contributed by atoms with Crippen molar-refractivity contribution >= 4 is 17.3 Å². The summed E-state index contributed by atoms with van der Waals surface area (Å²) in [6, 6.07) is 10.1. The number of aliphatic hydroxyl groups excluding tert-OH is 1. The molecule has 1 aliphatic heterocycles. The monoisotopic (exact) mass is 379 g/mol. The topological polar surface area (TPSA) is 75.4 Å². The van der Waals surface area contributed by atoms with Crippen LogP contribution in [0, 0.1) is 13.8 Å². The molecule has 0 atom stereocenters. The minimum atomic E-state index is 0.0762. The minimum Gasteiger partial charge on any atom is -0.497 e. The molecule has 1 aromatic carbocycles. The number of hydrogen-bond acceptors (Lipinski definition) is 6. The molecule has 146 valence electrons. The fraction of sp³-hybridized carbons (Fsp3) is 0.333. The lowest BCUT2D eigenvalue weighted by atomic mass is 10.1. The molecule has 2 aromatic heterocycles. The average Bonchev–Trinajstić information content (AvgIpc) is 3.33. The van der Waals surface area contributed by atoms with Crippen LogP contribution in [0.2, 0.25) is 0 Å². The molecule has 4 rings (SSSR count). The van der Waals surface area contributed by atoms with E-state index in [1.807, 2.05) is 29.9 Å². The minimum absolute atomic E-state index is 0.0762. The molecular formula is C21H25N5O2. The fourth-order valence-electron chi connectivity index (χ4n) is 3.69. The highest BCUT2D eigenvalue weighted by atomic mass is 16.5. The maximum Gasteiger partial charge on any atom is 0.148 e. The number of fused-ring (bicyclic) bond motifs is 1. The van der Waals surface area contributed by atoms with Crippen molar-refractivity contribution in [3.63, 3.8) is 0 Å². The second-order valence-corrected chi connectivity index (χ2v) is 6.93. The van der Waals surface area contributed by atoms with Crippen molar-refractivity contribution in [1.29, 1.82) is 0 Å². The SMILES string of the molecule is COc1ccc(N2CCc3c(-n4ccc(NCCO)n4)cc(C)nc32)c(C)c1. The normalized spacial score (nSPS) is 12.9. The predicted molar refractivity (Wildman–Crippen MR) is 110 cm³/mol. The maximum atomic E-state index is 8.99. The second-order valence-electron chi connectivity index (χ2n) is 6.93. The molecule has 0 radical (unpaired) electrons. The lowest BCUT2D eigenvalue weighted by Crippen LogP contribution is -2.16. The van der Waals surface area contributed by atoms with Crippen LogP contribution in [0.5, 0.6) is 5.75 Å². The van der Waals surface area contributed by atoms with Crippen LogP contribution in [-0.2, 0) is 6.42 Å². The molecule has 1 aliphatic rings. The van der Waals surface area contributed by atoms with Gasteiger partial charge in [-0.3, -0.25) is 0 Å². The Labute approximate surface area is 164 Å². The number of rotatable bonds is 6. The predicted octanol–water partition coefficient (Wildman–Crippen LogP) is 2.99. The summed E-state index contributed by atoms with van der Waals surface area (Å²) < 4.78 is 7.23. The molecule has 7 heteroatoms. The van der Waals surface area contributed by atoms with Gasteiger partial charge in [-0.05, 0) is 50.1 Å². The number of pyridine rings is 1. The summed E-state index contributed by atoms with van der Waals surface area (Å²) >= 11 is 0. The van der Waals surface area contributed by atoms with Gasteiger partial charge in [-0.1, -0.05) is 0 Å². The largest absolute Gasteiger partial charge is 0.497 e. The van der Waals surface area contributed by atoms with Crippen molar-refractivity contribution < 1.29 is 9.84 Å². The van der Waals surface area contributed by atoms with Gasteiger partial charge in [0.1, 0.15) is 17.4 Å². The van der Waals surface area contributed by atoms with Crippen LogP contribution in [0.25, 0.3) is 5.69 Å². The Bertz CT molecular complexity index is 998. The Kier molecular flexibility index (Phi) is 4.92. The van der Waals surface area contributed by atoms with Crippen molar-refractivity contribution in [3.8, 4) is 11.4 Å². The second kappa shape index (κ2) is 7.52. The van der Waals surface area contributed by atoms with Crippen molar-refractivity contribution in [2.45, 2.75) is 20.3 Å². The smallest absolute Gasteiger partial charge is 0.148 e. The van der Waals surface area contributed by atoms with Crippen LogP contribution in [0.1, 0.15) is 16.8 Å². The van der Waals surface area contributed by atoms with E-state index < -0.39 is 0 Å². The number of methoxy groups -OCH3 is 1. The lowest BCUT2D eigenvalue weighted by molar-refractivity contribution is 0.311. The number of aliphatic hydroxyl groups is 1. The van der Waals surface area contributed by atoms with E-state index in [-0.39, 0.29) is 6.61 Å². The number of benzene rings is 1. The average molecular weight is 379 g/mol. The number of nitrogens with zero attached hydrogens (tertiary/aromatic N) is 4. The molecule has 0 unspecified atom stereocenters. The molecule has 0 aliphatic carbocycles. The highest BCUT2D eigenvalue weighted by Gasteiger charge is 2.27. The van der Waals surface area contributed by atoms with Crippen LogP contribution in [0.15, 0.2) is 36.5 Å². The van der Waals surface area contributed by atoms with Gasteiger partial charge in [-0.2, -0.15) is 5.10 Å². The first-order valence-corrected chi connectivity index (χ1v) is 9.44. The van der Waals surface area contributed by atoms with Gasteiger partial charge in [0.15, 0.2) is 0 Å². The van der Waals surface area contributed by atoms with Crippen LogP contribution in [-0.4, -0.2) is 46.7 Å². The van der Waals surface area contributed by atoms with Gasteiger partial charge in [0.25, 0.3) is 0 Å². The van der Waals surface area contributed by atoms with Crippen molar-refractivity contribution in [2.24, 2.45) is 0 Å². The van der Waals surface area contributed by atoms with Gasteiger partial charge in [-0.15, -0.1) is 0 Å². The number of ether oxygens (including phenoxy) is 1. The Hall–Kier alpha value is -3.06. The van der Waals surface area contributed by atoms with E-state index in [4.69, 9.17) is 14.8 Å². The lowest BCUT2D eigenvalue weighted by Gasteiger charge is -2.22. The highest BCUT2D eigenvalue weighted by molar-refractivity contribution is 5.73. The summed E-state index contributed by atoms with van der Waals surface area (Å²) in [6.07, 6.45) is 2.85. The van der Waals surface area contributed by atoms with E-state index >= 15 is 0 Å². The number of nitrogens with one attached hydrogen (secondary N) is 1. The molecule has 7 nitrogen and oxygen atoms in total. The summed E-state index contributed by atoms with van der Waals surface area (Å²) in [5, 5.41) is 16.7. The molecule has 0 spiro atoms. The summed E-state index contributed by atoms with van der Waals surface area (Å²) in [5.41, 5.74) is 5.50. The molecule has 0 saturated heterocycles. The standard InChI is InChI=1S/C21H25N5O2/c1-14-12-16(28-3)4-5-18(14)25-9-6-17-19(13-15(2)23-21(17)25)26-10-7-20(24-26)22-8-11-27/h4-5,7,10,12-13,27H,6,8-9,11H2,1-3H3,(H,22,24). The molecule has 0 amide bonds. The third-order valence-electron chi connectivity index (χ3n) is 5.00.